The lowest BCUT2D eigenvalue weighted by Gasteiger charge is -2.19. The second-order valence-electron chi connectivity index (χ2n) is 5.13. The van der Waals surface area contributed by atoms with Crippen LogP contribution < -0.4 is 0 Å². The summed E-state index contributed by atoms with van der Waals surface area (Å²) in [4.78, 5) is 14.9. The van der Waals surface area contributed by atoms with E-state index in [1.165, 1.54) is 0 Å². The molecule has 0 aliphatic rings. The first-order valence-electron chi connectivity index (χ1n) is 5.92. The minimum absolute atomic E-state index is 0.0499. The number of carboxylic acid groups (broad SMARTS) is 1. The normalized spacial score (nSPS) is 11.5. The van der Waals surface area contributed by atoms with Crippen molar-refractivity contribution in [3.05, 3.63) is 30.3 Å². The summed E-state index contributed by atoms with van der Waals surface area (Å²) in [6.07, 6.45) is 2.11. The molecule has 1 N–H and O–H groups in total. The van der Waals surface area contributed by atoms with Crippen molar-refractivity contribution in [2.75, 3.05) is 0 Å². The van der Waals surface area contributed by atoms with Gasteiger partial charge in [-0.3, -0.25) is 9.78 Å². The summed E-state index contributed by atoms with van der Waals surface area (Å²) in [5, 5.41) is 16.7. The van der Waals surface area contributed by atoms with Crippen LogP contribution in [0.3, 0.4) is 0 Å². The van der Waals surface area contributed by atoms with Crippen LogP contribution in [0.2, 0.25) is 0 Å². The highest BCUT2D eigenvalue weighted by atomic mass is 16.4. The molecule has 0 unspecified atom stereocenters. The number of hydrogen-bond acceptors (Lipinski definition) is 5. The Balaban J connectivity index is 2.12. The topological polar surface area (TPSA) is 89.1 Å². The van der Waals surface area contributed by atoms with Gasteiger partial charge in [0, 0.05) is 12.6 Å². The van der Waals surface area contributed by atoms with Gasteiger partial charge in [0.2, 0.25) is 5.89 Å². The zero-order valence-electron chi connectivity index (χ0n) is 10.8. The molecule has 0 aliphatic heterocycles. The van der Waals surface area contributed by atoms with Gasteiger partial charge in [0.15, 0.2) is 0 Å². The first-order chi connectivity index (χ1) is 8.96. The maximum atomic E-state index is 10.8. The molecule has 0 saturated carbocycles. The van der Waals surface area contributed by atoms with Crippen LogP contribution in [-0.4, -0.2) is 26.3 Å². The average Bonchev–Trinajstić information content (AvgIpc) is 2.76. The van der Waals surface area contributed by atoms with Gasteiger partial charge < -0.3 is 9.52 Å². The molecule has 0 amide bonds. The van der Waals surface area contributed by atoms with Gasteiger partial charge in [-0.05, 0) is 17.5 Å². The molecule has 19 heavy (non-hydrogen) atoms. The van der Waals surface area contributed by atoms with E-state index in [1.54, 1.807) is 18.3 Å². The van der Waals surface area contributed by atoms with E-state index < -0.39 is 11.4 Å². The number of pyridine rings is 1. The van der Waals surface area contributed by atoms with E-state index in [0.29, 0.717) is 23.9 Å². The molecule has 0 atom stereocenters. The third-order valence-corrected chi connectivity index (χ3v) is 2.61. The van der Waals surface area contributed by atoms with Crippen LogP contribution in [0.5, 0.6) is 0 Å². The number of aliphatic carboxylic acids is 1. The highest BCUT2D eigenvalue weighted by Crippen LogP contribution is 2.26. The number of aromatic nitrogens is 3. The number of rotatable bonds is 5. The maximum Gasteiger partial charge on any atom is 0.303 e. The molecule has 0 bridgehead atoms. The molecule has 0 fully saturated rings. The van der Waals surface area contributed by atoms with Gasteiger partial charge in [-0.1, -0.05) is 19.9 Å². The van der Waals surface area contributed by atoms with Crippen LogP contribution in [0.4, 0.5) is 0 Å². The molecule has 6 heteroatoms. The Morgan fingerprint density at radius 2 is 2.16 bits per heavy atom. The van der Waals surface area contributed by atoms with E-state index in [9.17, 15) is 4.79 Å². The molecule has 2 aromatic rings. The van der Waals surface area contributed by atoms with Gasteiger partial charge in [0.1, 0.15) is 5.69 Å². The van der Waals surface area contributed by atoms with Crippen LogP contribution in [0.15, 0.2) is 28.8 Å². The molecule has 100 valence electrons. The minimum atomic E-state index is -0.838. The smallest absolute Gasteiger partial charge is 0.303 e. The summed E-state index contributed by atoms with van der Waals surface area (Å²) in [5.41, 5.74) is 0.178. The largest absolute Gasteiger partial charge is 0.481 e. The van der Waals surface area contributed by atoms with Gasteiger partial charge in [-0.2, -0.15) is 0 Å². The predicted molar refractivity (Wildman–Crippen MR) is 67.3 cm³/mol. The molecule has 0 spiro atoms. The summed E-state index contributed by atoms with van der Waals surface area (Å²) >= 11 is 0. The van der Waals surface area contributed by atoms with Crippen molar-refractivity contribution < 1.29 is 14.3 Å². The molecule has 0 aromatic carbocycles. The van der Waals surface area contributed by atoms with Gasteiger partial charge in [-0.15, -0.1) is 10.2 Å². The second kappa shape index (κ2) is 5.17. The van der Waals surface area contributed by atoms with Gasteiger partial charge in [-0.25, -0.2) is 0 Å². The molecule has 6 nitrogen and oxygen atoms in total. The Morgan fingerprint density at radius 3 is 2.79 bits per heavy atom. The highest BCUT2D eigenvalue weighted by Gasteiger charge is 2.25. The zero-order valence-corrected chi connectivity index (χ0v) is 10.8. The van der Waals surface area contributed by atoms with Crippen LogP contribution >= 0.6 is 0 Å². The highest BCUT2D eigenvalue weighted by molar-refractivity contribution is 5.67. The molecule has 2 rings (SSSR count). The monoisotopic (exact) mass is 261 g/mol. The number of carboxylic acids is 1. The number of carbonyl (C=O) groups is 1. The Bertz CT molecular complexity index is 564. The van der Waals surface area contributed by atoms with Crippen molar-refractivity contribution in [2.45, 2.75) is 26.7 Å². The fourth-order valence-corrected chi connectivity index (χ4v) is 1.80. The fraction of sp³-hybridized carbons (Fsp3) is 0.385. The summed E-state index contributed by atoms with van der Waals surface area (Å²) in [6, 6.07) is 5.41. The lowest BCUT2D eigenvalue weighted by molar-refractivity contribution is -0.139. The van der Waals surface area contributed by atoms with E-state index in [-0.39, 0.29) is 6.42 Å². The van der Waals surface area contributed by atoms with Crippen molar-refractivity contribution in [3.63, 3.8) is 0 Å². The van der Waals surface area contributed by atoms with Crippen molar-refractivity contribution in [3.8, 4) is 11.6 Å². The minimum Gasteiger partial charge on any atom is -0.481 e. The summed E-state index contributed by atoms with van der Waals surface area (Å²) < 4.78 is 5.51. The quantitative estimate of drug-likeness (QED) is 0.887. The molecule has 2 aromatic heterocycles. The molecular weight excluding hydrogens is 246 g/mol. The van der Waals surface area contributed by atoms with Crippen LogP contribution in [0.1, 0.15) is 26.2 Å². The lowest BCUT2D eigenvalue weighted by atomic mass is 9.86. The molecule has 2 heterocycles. The van der Waals surface area contributed by atoms with E-state index in [1.807, 2.05) is 19.9 Å². The summed E-state index contributed by atoms with van der Waals surface area (Å²) in [5.74, 6) is -0.0666. The molecule has 0 aliphatic carbocycles. The third-order valence-electron chi connectivity index (χ3n) is 2.61. The first kappa shape index (κ1) is 13.2. The fourth-order valence-electron chi connectivity index (χ4n) is 1.80. The van der Waals surface area contributed by atoms with Crippen molar-refractivity contribution in [2.24, 2.45) is 5.41 Å². The summed E-state index contributed by atoms with van der Waals surface area (Å²) in [7, 11) is 0. The van der Waals surface area contributed by atoms with Gasteiger partial charge in [0.25, 0.3) is 5.89 Å². The van der Waals surface area contributed by atoms with Crippen LogP contribution in [-0.2, 0) is 11.2 Å². The Morgan fingerprint density at radius 1 is 1.37 bits per heavy atom. The molecule has 0 saturated heterocycles. The molecular formula is C13H15N3O3. The predicted octanol–water partition coefficient (Wildman–Crippen LogP) is 2.17. The van der Waals surface area contributed by atoms with Gasteiger partial charge >= 0.3 is 5.97 Å². The second-order valence-corrected chi connectivity index (χ2v) is 5.13. The number of hydrogen-bond donors (Lipinski definition) is 1. The van der Waals surface area contributed by atoms with Crippen molar-refractivity contribution in [1.82, 2.24) is 15.2 Å². The third kappa shape index (κ3) is 3.61. The summed E-state index contributed by atoms with van der Waals surface area (Å²) in [6.45, 7) is 3.71. The average molecular weight is 261 g/mol. The SMILES string of the molecule is CC(C)(CC(=O)O)Cc1nnc(-c2ccccn2)o1. The van der Waals surface area contributed by atoms with Crippen molar-refractivity contribution in [1.29, 1.82) is 0 Å². The van der Waals surface area contributed by atoms with Crippen LogP contribution in [0.25, 0.3) is 11.6 Å². The lowest BCUT2D eigenvalue weighted by Crippen LogP contribution is -2.19. The van der Waals surface area contributed by atoms with E-state index in [0.717, 1.165) is 0 Å². The van der Waals surface area contributed by atoms with Crippen LogP contribution in [0, 0.1) is 5.41 Å². The van der Waals surface area contributed by atoms with E-state index >= 15 is 0 Å². The van der Waals surface area contributed by atoms with Crippen molar-refractivity contribution >= 4 is 5.97 Å². The maximum absolute atomic E-state index is 10.8. The Labute approximate surface area is 110 Å². The van der Waals surface area contributed by atoms with Gasteiger partial charge in [0.05, 0.1) is 6.42 Å². The Kier molecular flexibility index (Phi) is 3.59. The zero-order chi connectivity index (χ0) is 13.9. The standard InChI is InChI=1S/C13H15N3O3/c1-13(2,8-11(17)18)7-10-15-16-12(19-10)9-5-3-4-6-14-9/h3-6H,7-8H2,1-2H3,(H,17,18). The molecule has 0 radical (unpaired) electrons. The Hall–Kier alpha value is -2.24. The van der Waals surface area contributed by atoms with E-state index in [2.05, 4.69) is 15.2 Å². The number of nitrogens with zero attached hydrogens (tertiary/aromatic N) is 3. The first-order valence-corrected chi connectivity index (χ1v) is 5.92. The van der Waals surface area contributed by atoms with E-state index in [4.69, 9.17) is 9.52 Å².